The third-order valence-electron chi connectivity index (χ3n) is 8.12. The molecule has 1 aliphatic heterocycles. The Kier molecular flexibility index (Phi) is 10.2. The highest BCUT2D eigenvalue weighted by Crippen LogP contribution is 2.38. The van der Waals surface area contributed by atoms with Crippen molar-refractivity contribution >= 4 is 21.7 Å². The first-order valence-electron chi connectivity index (χ1n) is 14.6. The molecule has 8 heteroatoms. The Morgan fingerprint density at radius 1 is 0.929 bits per heavy atom. The minimum atomic E-state index is -3.81. The fraction of sp³-hybridized carbons (Fsp3) is 0.382. The van der Waals surface area contributed by atoms with Gasteiger partial charge in [0.15, 0.2) is 14.6 Å². The molecule has 0 saturated carbocycles. The standard InChI is InChI=1S/C34H39N3O4S/c1-26(2)42(40,41)34(25-35,29-19-10-5-11-20-29)23-13-12-22-31(38)37-24-14-21-30(37)33(39)36-32(27-15-6-3-7-16-27)28-17-8-4-9-18-28/h3-11,15-20,26,30,32H,12-14,21-24H2,1-2H3,(H,36,39)/t30-,34?/m1/s1. The van der Waals surface area contributed by atoms with E-state index >= 15 is 0 Å². The van der Waals surface area contributed by atoms with E-state index in [0.29, 0.717) is 31.4 Å². The highest BCUT2D eigenvalue weighted by atomic mass is 32.2. The second-order valence-corrected chi connectivity index (χ2v) is 13.8. The molecule has 1 aliphatic rings. The number of carbonyl (C=O) groups excluding carboxylic acids is 2. The van der Waals surface area contributed by atoms with E-state index in [9.17, 15) is 23.3 Å². The number of rotatable bonds is 12. The first-order valence-corrected chi connectivity index (χ1v) is 16.2. The highest BCUT2D eigenvalue weighted by Gasteiger charge is 2.47. The van der Waals surface area contributed by atoms with Crippen LogP contribution < -0.4 is 5.32 Å². The van der Waals surface area contributed by atoms with Crippen molar-refractivity contribution in [3.63, 3.8) is 0 Å². The van der Waals surface area contributed by atoms with Gasteiger partial charge in [0.05, 0.1) is 17.4 Å². The summed E-state index contributed by atoms with van der Waals surface area (Å²) in [6.07, 6.45) is 2.41. The molecule has 0 aromatic heterocycles. The summed E-state index contributed by atoms with van der Waals surface area (Å²) >= 11 is 0. The van der Waals surface area contributed by atoms with Gasteiger partial charge in [-0.3, -0.25) is 9.59 Å². The van der Waals surface area contributed by atoms with Gasteiger partial charge in [0.25, 0.3) is 0 Å². The van der Waals surface area contributed by atoms with Crippen molar-refractivity contribution in [2.75, 3.05) is 6.54 Å². The van der Waals surface area contributed by atoms with Crippen LogP contribution in [0.15, 0.2) is 91.0 Å². The molecular weight excluding hydrogens is 546 g/mol. The summed E-state index contributed by atoms with van der Waals surface area (Å²) < 4.78 is 25.1. The zero-order chi connectivity index (χ0) is 30.2. The topological polar surface area (TPSA) is 107 Å². The van der Waals surface area contributed by atoms with Crippen LogP contribution in [0, 0.1) is 11.3 Å². The van der Waals surface area contributed by atoms with Gasteiger partial charge in [0, 0.05) is 13.0 Å². The zero-order valence-corrected chi connectivity index (χ0v) is 25.1. The van der Waals surface area contributed by atoms with E-state index in [0.717, 1.165) is 17.5 Å². The van der Waals surface area contributed by atoms with Crippen LogP contribution in [0.1, 0.15) is 75.1 Å². The second kappa shape index (κ2) is 13.8. The van der Waals surface area contributed by atoms with Gasteiger partial charge in [-0.1, -0.05) is 91.0 Å². The van der Waals surface area contributed by atoms with Gasteiger partial charge in [-0.25, -0.2) is 8.42 Å². The molecule has 220 valence electrons. The Morgan fingerprint density at radius 3 is 2.00 bits per heavy atom. The highest BCUT2D eigenvalue weighted by molar-refractivity contribution is 7.93. The predicted octanol–water partition coefficient (Wildman–Crippen LogP) is 5.69. The quantitative estimate of drug-likeness (QED) is 0.275. The molecular formula is C34H39N3O4S. The molecule has 2 amide bonds. The number of benzene rings is 3. The molecule has 1 heterocycles. The van der Waals surface area contributed by atoms with Crippen LogP contribution in [0.2, 0.25) is 0 Å². The average Bonchev–Trinajstić information content (AvgIpc) is 3.51. The number of sulfone groups is 1. The zero-order valence-electron chi connectivity index (χ0n) is 24.3. The van der Waals surface area contributed by atoms with Crippen LogP contribution in [-0.2, 0) is 24.2 Å². The van der Waals surface area contributed by atoms with Gasteiger partial charge in [-0.15, -0.1) is 0 Å². The molecule has 4 rings (SSSR count). The Morgan fingerprint density at radius 2 is 1.48 bits per heavy atom. The summed E-state index contributed by atoms with van der Waals surface area (Å²) in [4.78, 5) is 28.5. The second-order valence-electron chi connectivity index (χ2n) is 11.1. The van der Waals surface area contributed by atoms with Crippen LogP contribution >= 0.6 is 0 Å². The Bertz CT molecular complexity index is 1450. The van der Waals surface area contributed by atoms with Crippen molar-refractivity contribution in [1.29, 1.82) is 5.26 Å². The number of carbonyl (C=O) groups is 2. The predicted molar refractivity (Wildman–Crippen MR) is 164 cm³/mol. The van der Waals surface area contributed by atoms with Crippen LogP contribution in [0.4, 0.5) is 0 Å². The van der Waals surface area contributed by atoms with Crippen LogP contribution in [0.5, 0.6) is 0 Å². The summed E-state index contributed by atoms with van der Waals surface area (Å²) in [7, 11) is -3.81. The number of amides is 2. The van der Waals surface area contributed by atoms with E-state index in [1.54, 1.807) is 49.1 Å². The molecule has 3 aromatic rings. The van der Waals surface area contributed by atoms with Crippen molar-refractivity contribution in [2.24, 2.45) is 0 Å². The van der Waals surface area contributed by atoms with Gasteiger partial charge in [0.2, 0.25) is 11.8 Å². The smallest absolute Gasteiger partial charge is 0.243 e. The summed E-state index contributed by atoms with van der Waals surface area (Å²) in [6.45, 7) is 3.69. The molecule has 3 aromatic carbocycles. The summed E-state index contributed by atoms with van der Waals surface area (Å²) in [6, 6.07) is 29.4. The maximum Gasteiger partial charge on any atom is 0.243 e. The van der Waals surface area contributed by atoms with Crippen molar-refractivity contribution < 1.29 is 18.0 Å². The maximum absolute atomic E-state index is 13.5. The van der Waals surface area contributed by atoms with Gasteiger partial charge < -0.3 is 10.2 Å². The lowest BCUT2D eigenvalue weighted by Crippen LogP contribution is -2.47. The number of hydrogen-bond donors (Lipinski definition) is 1. The minimum Gasteiger partial charge on any atom is -0.343 e. The monoisotopic (exact) mass is 585 g/mol. The van der Waals surface area contributed by atoms with E-state index in [1.807, 2.05) is 60.7 Å². The van der Waals surface area contributed by atoms with Gasteiger partial charge in [-0.2, -0.15) is 5.26 Å². The summed E-state index contributed by atoms with van der Waals surface area (Å²) in [5.41, 5.74) is 2.38. The number of nitrogens with one attached hydrogen (secondary N) is 1. The number of hydrogen-bond acceptors (Lipinski definition) is 5. The lowest BCUT2D eigenvalue weighted by molar-refractivity contribution is -0.138. The lowest BCUT2D eigenvalue weighted by Gasteiger charge is -2.29. The first-order chi connectivity index (χ1) is 20.2. The Hall–Kier alpha value is -3.96. The molecule has 0 aliphatic carbocycles. The minimum absolute atomic E-state index is 0.0983. The van der Waals surface area contributed by atoms with Crippen LogP contribution in [-0.4, -0.2) is 43.0 Å². The van der Waals surface area contributed by atoms with Gasteiger partial charge in [-0.05, 0) is 62.6 Å². The van der Waals surface area contributed by atoms with Crippen LogP contribution in [0.25, 0.3) is 0 Å². The Balaban J connectivity index is 1.42. The fourth-order valence-electron chi connectivity index (χ4n) is 5.76. The third kappa shape index (κ3) is 6.57. The van der Waals surface area contributed by atoms with Crippen molar-refractivity contribution in [2.45, 2.75) is 74.5 Å². The molecule has 42 heavy (non-hydrogen) atoms. The number of likely N-dealkylation sites (tertiary alicyclic amines) is 1. The largest absolute Gasteiger partial charge is 0.343 e. The molecule has 1 fully saturated rings. The third-order valence-corrected chi connectivity index (χ3v) is 10.9. The fourth-order valence-corrected chi connectivity index (χ4v) is 7.59. The van der Waals surface area contributed by atoms with E-state index in [1.165, 1.54) is 0 Å². The summed E-state index contributed by atoms with van der Waals surface area (Å²) in [5.74, 6) is -0.313. The van der Waals surface area contributed by atoms with Crippen molar-refractivity contribution in [3.05, 3.63) is 108 Å². The molecule has 1 unspecified atom stereocenters. The van der Waals surface area contributed by atoms with Crippen molar-refractivity contribution in [3.8, 4) is 6.07 Å². The maximum atomic E-state index is 13.5. The molecule has 0 spiro atoms. The van der Waals surface area contributed by atoms with Crippen molar-refractivity contribution in [1.82, 2.24) is 10.2 Å². The number of unbranched alkanes of at least 4 members (excludes halogenated alkanes) is 1. The van der Waals surface area contributed by atoms with E-state index in [-0.39, 0.29) is 30.7 Å². The molecule has 7 nitrogen and oxygen atoms in total. The summed E-state index contributed by atoms with van der Waals surface area (Å²) in [5, 5.41) is 12.6. The normalized spacial score (nSPS) is 16.6. The van der Waals surface area contributed by atoms with E-state index in [4.69, 9.17) is 0 Å². The van der Waals surface area contributed by atoms with E-state index in [2.05, 4.69) is 11.4 Å². The average molecular weight is 586 g/mol. The molecule has 0 radical (unpaired) electrons. The molecule has 0 bridgehead atoms. The Labute approximate surface area is 249 Å². The molecule has 1 N–H and O–H groups in total. The van der Waals surface area contributed by atoms with Gasteiger partial charge >= 0.3 is 0 Å². The molecule has 1 saturated heterocycles. The van der Waals surface area contributed by atoms with Gasteiger partial charge in [0.1, 0.15) is 6.04 Å². The lowest BCUT2D eigenvalue weighted by atomic mass is 9.93. The van der Waals surface area contributed by atoms with Crippen LogP contribution in [0.3, 0.4) is 0 Å². The number of nitriles is 1. The molecule has 2 atom stereocenters. The van der Waals surface area contributed by atoms with E-state index < -0.39 is 25.9 Å². The first kappa shape index (κ1) is 31.0. The SMILES string of the molecule is CC(C)S(=O)(=O)C(C#N)(CCCCC(=O)N1CCC[C@@H]1C(=O)NC(c1ccccc1)c1ccccc1)c1ccccc1. The number of nitrogens with zero attached hydrogens (tertiary/aromatic N) is 2.